The predicted molar refractivity (Wildman–Crippen MR) is 88.9 cm³/mol. The van der Waals surface area contributed by atoms with Crippen LogP contribution in [0.3, 0.4) is 0 Å². The Balaban J connectivity index is 1.55. The number of hydrogen-bond donors (Lipinski definition) is 1. The maximum absolute atomic E-state index is 12.8. The Morgan fingerprint density at radius 1 is 1.00 bits per heavy atom. The smallest absolute Gasteiger partial charge is 0.255 e. The molecule has 2 fully saturated rings. The molecule has 1 aromatic carbocycles. The van der Waals surface area contributed by atoms with Gasteiger partial charge in [-0.1, -0.05) is 6.07 Å². The van der Waals surface area contributed by atoms with Crippen LogP contribution in [0, 0.1) is 0 Å². The van der Waals surface area contributed by atoms with Crippen LogP contribution in [0.4, 0.5) is 5.69 Å². The number of amides is 3. The lowest BCUT2D eigenvalue weighted by atomic mass is 10.0. The fourth-order valence-electron chi connectivity index (χ4n) is 3.75. The standard InChI is InChI=1S/C18H19N3O4/c22-13-5-7-20(8-6-13)12-2-1-11-10-21(18(25)14(11)9-12)15-3-4-16(23)19-17(15)24/h1-2,9,15H,3-8,10H2,(H,19,23,24). The molecule has 130 valence electrons. The molecular formula is C18H19N3O4. The quantitative estimate of drug-likeness (QED) is 0.797. The van der Waals surface area contributed by atoms with Crippen LogP contribution < -0.4 is 10.2 Å². The molecule has 3 aliphatic heterocycles. The lowest BCUT2D eigenvalue weighted by Gasteiger charge is -2.29. The first kappa shape index (κ1) is 15.8. The average molecular weight is 341 g/mol. The highest BCUT2D eigenvalue weighted by atomic mass is 16.2. The molecule has 1 aromatic rings. The van der Waals surface area contributed by atoms with E-state index in [9.17, 15) is 19.2 Å². The number of piperidine rings is 2. The summed E-state index contributed by atoms with van der Waals surface area (Å²) in [6.07, 6.45) is 1.69. The minimum absolute atomic E-state index is 0.167. The largest absolute Gasteiger partial charge is 0.371 e. The third-order valence-electron chi connectivity index (χ3n) is 5.20. The molecule has 3 amide bonds. The third kappa shape index (κ3) is 2.79. The van der Waals surface area contributed by atoms with E-state index in [0.717, 1.165) is 11.3 Å². The number of hydrogen-bond acceptors (Lipinski definition) is 5. The summed E-state index contributed by atoms with van der Waals surface area (Å²) in [7, 11) is 0. The molecule has 25 heavy (non-hydrogen) atoms. The van der Waals surface area contributed by atoms with Crippen molar-refractivity contribution in [3.63, 3.8) is 0 Å². The Hall–Kier alpha value is -2.70. The van der Waals surface area contributed by atoms with Crippen LogP contribution in [0.1, 0.15) is 41.6 Å². The van der Waals surface area contributed by atoms with Gasteiger partial charge in [-0.25, -0.2) is 0 Å². The monoisotopic (exact) mass is 341 g/mol. The predicted octanol–water partition coefficient (Wildman–Crippen LogP) is 0.617. The Morgan fingerprint density at radius 3 is 2.48 bits per heavy atom. The van der Waals surface area contributed by atoms with Crippen molar-refractivity contribution >= 4 is 29.2 Å². The van der Waals surface area contributed by atoms with Crippen molar-refractivity contribution in [3.8, 4) is 0 Å². The Kier molecular flexibility index (Phi) is 3.78. The second-order valence-electron chi connectivity index (χ2n) is 6.77. The van der Waals surface area contributed by atoms with Gasteiger partial charge >= 0.3 is 0 Å². The molecule has 0 saturated carbocycles. The minimum atomic E-state index is -0.589. The molecule has 3 aliphatic rings. The van der Waals surface area contributed by atoms with Gasteiger partial charge in [0.25, 0.3) is 5.91 Å². The van der Waals surface area contributed by atoms with E-state index in [1.807, 2.05) is 18.2 Å². The zero-order valence-corrected chi connectivity index (χ0v) is 13.8. The van der Waals surface area contributed by atoms with Crippen LogP contribution in [0.5, 0.6) is 0 Å². The summed E-state index contributed by atoms with van der Waals surface area (Å²) in [5.41, 5.74) is 2.44. The molecule has 7 heteroatoms. The molecule has 0 spiro atoms. The molecule has 2 saturated heterocycles. The van der Waals surface area contributed by atoms with E-state index in [1.165, 1.54) is 0 Å². The normalized spacial score (nSPS) is 23.8. The fraction of sp³-hybridized carbons (Fsp3) is 0.444. The van der Waals surface area contributed by atoms with Crippen LogP contribution in [0.15, 0.2) is 18.2 Å². The maximum Gasteiger partial charge on any atom is 0.255 e. The Labute approximate surface area is 145 Å². The summed E-state index contributed by atoms with van der Waals surface area (Å²) < 4.78 is 0. The molecule has 0 aromatic heterocycles. The lowest BCUT2D eigenvalue weighted by Crippen LogP contribution is -2.52. The molecule has 0 radical (unpaired) electrons. The van der Waals surface area contributed by atoms with Crippen molar-refractivity contribution in [3.05, 3.63) is 29.3 Å². The first-order valence-electron chi connectivity index (χ1n) is 8.57. The van der Waals surface area contributed by atoms with Crippen molar-refractivity contribution in [2.24, 2.45) is 0 Å². The second kappa shape index (κ2) is 5.98. The summed E-state index contributed by atoms with van der Waals surface area (Å²) in [6.45, 7) is 1.73. The van der Waals surface area contributed by atoms with Gasteiger partial charge in [0.1, 0.15) is 11.8 Å². The van der Waals surface area contributed by atoms with E-state index in [4.69, 9.17) is 0 Å². The fourth-order valence-corrected chi connectivity index (χ4v) is 3.75. The number of rotatable bonds is 2. The van der Waals surface area contributed by atoms with Crippen molar-refractivity contribution in [1.82, 2.24) is 10.2 Å². The third-order valence-corrected chi connectivity index (χ3v) is 5.20. The van der Waals surface area contributed by atoms with Gasteiger partial charge in [0.15, 0.2) is 0 Å². The molecule has 7 nitrogen and oxygen atoms in total. The van der Waals surface area contributed by atoms with Gasteiger partial charge in [0, 0.05) is 50.1 Å². The van der Waals surface area contributed by atoms with Gasteiger partial charge in [-0.15, -0.1) is 0 Å². The van der Waals surface area contributed by atoms with E-state index in [0.29, 0.717) is 44.5 Å². The molecule has 0 aliphatic carbocycles. The molecule has 0 bridgehead atoms. The topological polar surface area (TPSA) is 86.8 Å². The highest BCUT2D eigenvalue weighted by Crippen LogP contribution is 2.31. The number of imide groups is 1. The van der Waals surface area contributed by atoms with Gasteiger partial charge < -0.3 is 9.80 Å². The summed E-state index contributed by atoms with van der Waals surface area (Å²) in [5.74, 6) is -0.573. The summed E-state index contributed by atoms with van der Waals surface area (Å²) in [6, 6.07) is 5.16. The zero-order valence-electron chi connectivity index (χ0n) is 13.8. The van der Waals surface area contributed by atoms with Crippen molar-refractivity contribution in [2.45, 2.75) is 38.3 Å². The summed E-state index contributed by atoms with van der Waals surface area (Å²) in [5, 5.41) is 2.31. The molecule has 1 atom stereocenters. The first-order valence-corrected chi connectivity index (χ1v) is 8.57. The van der Waals surface area contributed by atoms with Crippen molar-refractivity contribution in [2.75, 3.05) is 18.0 Å². The number of nitrogens with zero attached hydrogens (tertiary/aromatic N) is 2. The van der Waals surface area contributed by atoms with Gasteiger partial charge in [0.05, 0.1) is 0 Å². The van der Waals surface area contributed by atoms with Crippen LogP contribution in [-0.4, -0.2) is 47.5 Å². The summed E-state index contributed by atoms with van der Waals surface area (Å²) in [4.78, 5) is 51.2. The van der Waals surface area contributed by atoms with Crippen molar-refractivity contribution < 1.29 is 19.2 Å². The van der Waals surface area contributed by atoms with Gasteiger partial charge in [-0.3, -0.25) is 24.5 Å². The van der Waals surface area contributed by atoms with E-state index in [2.05, 4.69) is 10.2 Å². The first-order chi connectivity index (χ1) is 12.0. The number of benzene rings is 1. The highest BCUT2D eigenvalue weighted by molar-refractivity contribution is 6.05. The van der Waals surface area contributed by atoms with Gasteiger partial charge in [0.2, 0.25) is 11.8 Å². The van der Waals surface area contributed by atoms with Crippen LogP contribution in [-0.2, 0) is 20.9 Å². The number of carbonyl (C=O) groups is 4. The Bertz CT molecular complexity index is 779. The molecule has 1 N–H and O–H groups in total. The van der Waals surface area contributed by atoms with E-state index >= 15 is 0 Å². The van der Waals surface area contributed by atoms with Crippen LogP contribution in [0.2, 0.25) is 0 Å². The van der Waals surface area contributed by atoms with Crippen LogP contribution in [0.25, 0.3) is 0 Å². The molecule has 1 unspecified atom stereocenters. The second-order valence-corrected chi connectivity index (χ2v) is 6.77. The van der Waals surface area contributed by atoms with Gasteiger partial charge in [-0.05, 0) is 24.1 Å². The van der Waals surface area contributed by atoms with E-state index < -0.39 is 11.9 Å². The zero-order chi connectivity index (χ0) is 17.6. The van der Waals surface area contributed by atoms with E-state index in [-0.39, 0.29) is 24.0 Å². The lowest BCUT2D eigenvalue weighted by molar-refractivity contribution is -0.137. The summed E-state index contributed by atoms with van der Waals surface area (Å²) >= 11 is 0. The van der Waals surface area contributed by atoms with Crippen molar-refractivity contribution in [1.29, 1.82) is 0 Å². The number of fused-ring (bicyclic) bond motifs is 1. The van der Waals surface area contributed by atoms with Gasteiger partial charge in [-0.2, -0.15) is 0 Å². The number of anilines is 1. The number of ketones is 1. The molecule has 4 rings (SSSR count). The molecule has 3 heterocycles. The van der Waals surface area contributed by atoms with E-state index in [1.54, 1.807) is 4.90 Å². The number of carbonyl (C=O) groups excluding carboxylic acids is 4. The minimum Gasteiger partial charge on any atom is -0.371 e. The number of Topliss-reactive ketones (excluding diaryl/α,β-unsaturated/α-hetero) is 1. The number of nitrogens with one attached hydrogen (secondary N) is 1. The average Bonchev–Trinajstić information content (AvgIpc) is 2.92. The molecular weight excluding hydrogens is 322 g/mol. The maximum atomic E-state index is 12.8. The SMILES string of the molecule is O=C1CCN(c2ccc3c(c2)C(=O)N(C2CCC(=O)NC2=O)C3)CC1. The Morgan fingerprint density at radius 2 is 1.76 bits per heavy atom. The van der Waals surface area contributed by atoms with Crippen LogP contribution >= 0.6 is 0 Å². The highest BCUT2D eigenvalue weighted by Gasteiger charge is 2.39.